The van der Waals surface area contributed by atoms with Crippen molar-refractivity contribution in [3.63, 3.8) is 0 Å². The van der Waals surface area contributed by atoms with Gasteiger partial charge in [-0.05, 0) is 37.4 Å². The second-order valence-electron chi connectivity index (χ2n) is 5.39. The van der Waals surface area contributed by atoms with E-state index in [2.05, 4.69) is 11.8 Å². The zero-order valence-electron chi connectivity index (χ0n) is 12.4. The van der Waals surface area contributed by atoms with Crippen LogP contribution >= 0.6 is 11.6 Å². The lowest BCUT2D eigenvalue weighted by molar-refractivity contribution is 0.255. The van der Waals surface area contributed by atoms with Gasteiger partial charge in [-0.3, -0.25) is 4.90 Å². The normalized spacial score (nSPS) is 23.1. The number of likely N-dealkylation sites (tertiary alicyclic amines) is 1. The van der Waals surface area contributed by atoms with Crippen LogP contribution in [0.4, 0.5) is 0 Å². The van der Waals surface area contributed by atoms with Crippen LogP contribution in [0.25, 0.3) is 0 Å². The van der Waals surface area contributed by atoms with E-state index in [0.29, 0.717) is 28.5 Å². The molecule has 0 radical (unpaired) electrons. The van der Waals surface area contributed by atoms with Crippen molar-refractivity contribution in [1.82, 2.24) is 4.90 Å². The highest BCUT2D eigenvalue weighted by Crippen LogP contribution is 2.38. The molecule has 20 heavy (non-hydrogen) atoms. The fourth-order valence-electron chi connectivity index (χ4n) is 2.88. The summed E-state index contributed by atoms with van der Waals surface area (Å²) in [5, 5.41) is 0.634. The summed E-state index contributed by atoms with van der Waals surface area (Å²) in [7, 11) is 3.22. The predicted molar refractivity (Wildman–Crippen MR) is 81.6 cm³/mol. The highest BCUT2D eigenvalue weighted by atomic mass is 35.5. The summed E-state index contributed by atoms with van der Waals surface area (Å²) in [5.74, 6) is 1.85. The zero-order chi connectivity index (χ0) is 14.7. The minimum atomic E-state index is 0.535. The van der Waals surface area contributed by atoms with Crippen LogP contribution in [-0.4, -0.2) is 38.3 Å². The number of halogens is 1. The van der Waals surface area contributed by atoms with Crippen LogP contribution in [-0.2, 0) is 6.54 Å². The van der Waals surface area contributed by atoms with Gasteiger partial charge in [0.25, 0.3) is 0 Å². The molecule has 5 heteroatoms. The average molecular weight is 299 g/mol. The Hall–Kier alpha value is -0.970. The molecule has 2 rings (SSSR count). The van der Waals surface area contributed by atoms with Crippen molar-refractivity contribution in [2.24, 2.45) is 11.7 Å². The largest absolute Gasteiger partial charge is 0.493 e. The quantitative estimate of drug-likeness (QED) is 0.907. The molecule has 0 aromatic heterocycles. The van der Waals surface area contributed by atoms with Gasteiger partial charge < -0.3 is 15.2 Å². The predicted octanol–water partition coefficient (Wildman–Crippen LogP) is 2.53. The molecule has 112 valence electrons. The van der Waals surface area contributed by atoms with E-state index in [4.69, 9.17) is 26.8 Å². The third-order valence-corrected chi connectivity index (χ3v) is 4.48. The minimum Gasteiger partial charge on any atom is -0.493 e. The van der Waals surface area contributed by atoms with Crippen LogP contribution < -0.4 is 15.2 Å². The van der Waals surface area contributed by atoms with Crippen molar-refractivity contribution < 1.29 is 9.47 Å². The average Bonchev–Trinajstić information content (AvgIpc) is 2.81. The van der Waals surface area contributed by atoms with Crippen LogP contribution in [0.15, 0.2) is 12.1 Å². The van der Waals surface area contributed by atoms with E-state index in [9.17, 15) is 0 Å². The van der Waals surface area contributed by atoms with E-state index < -0.39 is 0 Å². The Morgan fingerprint density at radius 2 is 2.10 bits per heavy atom. The number of nitrogens with zero attached hydrogens (tertiary/aromatic N) is 1. The molecule has 2 unspecified atom stereocenters. The van der Waals surface area contributed by atoms with Gasteiger partial charge in [-0.2, -0.15) is 0 Å². The molecule has 1 aromatic rings. The number of ether oxygens (including phenoxy) is 2. The molecule has 1 saturated heterocycles. The number of nitrogens with two attached hydrogens (primary N) is 1. The van der Waals surface area contributed by atoms with E-state index >= 15 is 0 Å². The van der Waals surface area contributed by atoms with E-state index in [-0.39, 0.29) is 0 Å². The van der Waals surface area contributed by atoms with Gasteiger partial charge in [-0.15, -0.1) is 0 Å². The molecule has 1 aromatic carbocycles. The van der Waals surface area contributed by atoms with Gasteiger partial charge in [0.15, 0.2) is 11.5 Å². The van der Waals surface area contributed by atoms with Gasteiger partial charge >= 0.3 is 0 Å². The number of rotatable bonds is 5. The molecule has 0 saturated carbocycles. The van der Waals surface area contributed by atoms with Crippen LogP contribution in [0.3, 0.4) is 0 Å². The summed E-state index contributed by atoms with van der Waals surface area (Å²) in [5.41, 5.74) is 6.84. The van der Waals surface area contributed by atoms with Crippen LogP contribution in [0, 0.1) is 5.92 Å². The molecular weight excluding hydrogens is 276 g/mol. The SMILES string of the molecule is COc1ccc(CN2CC(CN)CC2C)c(Cl)c1OC. The van der Waals surface area contributed by atoms with Crippen molar-refractivity contribution in [3.8, 4) is 11.5 Å². The van der Waals surface area contributed by atoms with Gasteiger partial charge in [-0.25, -0.2) is 0 Å². The molecule has 1 aliphatic rings. The third kappa shape index (κ3) is 3.03. The lowest BCUT2D eigenvalue weighted by atomic mass is 10.1. The van der Waals surface area contributed by atoms with Crippen LogP contribution in [0.5, 0.6) is 11.5 Å². The van der Waals surface area contributed by atoms with Gasteiger partial charge in [-0.1, -0.05) is 17.7 Å². The topological polar surface area (TPSA) is 47.7 Å². The molecule has 1 aliphatic heterocycles. The molecule has 0 spiro atoms. The zero-order valence-corrected chi connectivity index (χ0v) is 13.1. The van der Waals surface area contributed by atoms with E-state index in [1.54, 1.807) is 14.2 Å². The molecular formula is C15H23ClN2O2. The maximum Gasteiger partial charge on any atom is 0.179 e. The fraction of sp³-hybridized carbons (Fsp3) is 0.600. The summed E-state index contributed by atoms with van der Waals surface area (Å²) in [6.07, 6.45) is 1.15. The maximum absolute atomic E-state index is 6.43. The van der Waals surface area contributed by atoms with Crippen molar-refractivity contribution in [3.05, 3.63) is 22.7 Å². The van der Waals surface area contributed by atoms with Crippen LogP contribution in [0.2, 0.25) is 5.02 Å². The first kappa shape index (κ1) is 15.4. The highest BCUT2D eigenvalue weighted by molar-refractivity contribution is 6.33. The summed E-state index contributed by atoms with van der Waals surface area (Å²) < 4.78 is 10.6. The number of hydrogen-bond acceptors (Lipinski definition) is 4. The van der Waals surface area contributed by atoms with E-state index in [1.165, 1.54) is 0 Å². The van der Waals surface area contributed by atoms with E-state index in [1.807, 2.05) is 12.1 Å². The lowest BCUT2D eigenvalue weighted by Gasteiger charge is -2.22. The Balaban J connectivity index is 2.18. The molecule has 0 amide bonds. The van der Waals surface area contributed by atoms with Gasteiger partial charge in [0.2, 0.25) is 0 Å². The molecule has 2 atom stereocenters. The van der Waals surface area contributed by atoms with Gasteiger partial charge in [0, 0.05) is 19.1 Å². The molecule has 1 fully saturated rings. The van der Waals surface area contributed by atoms with Gasteiger partial charge in [0.1, 0.15) is 0 Å². The van der Waals surface area contributed by atoms with E-state index in [0.717, 1.165) is 31.6 Å². The smallest absolute Gasteiger partial charge is 0.179 e. The third-order valence-electron chi connectivity index (χ3n) is 4.06. The second-order valence-corrected chi connectivity index (χ2v) is 5.77. The monoisotopic (exact) mass is 298 g/mol. The lowest BCUT2D eigenvalue weighted by Crippen LogP contribution is -2.27. The van der Waals surface area contributed by atoms with Crippen LogP contribution in [0.1, 0.15) is 18.9 Å². The van der Waals surface area contributed by atoms with Gasteiger partial charge in [0.05, 0.1) is 19.2 Å². The second kappa shape index (κ2) is 6.66. The Morgan fingerprint density at radius 1 is 1.35 bits per heavy atom. The summed E-state index contributed by atoms with van der Waals surface area (Å²) in [4.78, 5) is 2.42. The molecule has 0 bridgehead atoms. The van der Waals surface area contributed by atoms with Crippen molar-refractivity contribution in [2.75, 3.05) is 27.3 Å². The number of methoxy groups -OCH3 is 2. The molecule has 2 N–H and O–H groups in total. The molecule has 0 aliphatic carbocycles. The first-order valence-electron chi connectivity index (χ1n) is 6.94. The molecule has 4 nitrogen and oxygen atoms in total. The minimum absolute atomic E-state index is 0.535. The summed E-state index contributed by atoms with van der Waals surface area (Å²) in [6, 6.07) is 4.45. The van der Waals surface area contributed by atoms with Crippen molar-refractivity contribution >= 4 is 11.6 Å². The van der Waals surface area contributed by atoms with Crippen molar-refractivity contribution in [2.45, 2.75) is 25.9 Å². The Morgan fingerprint density at radius 3 is 2.65 bits per heavy atom. The Kier molecular flexibility index (Phi) is 5.13. The number of hydrogen-bond donors (Lipinski definition) is 1. The highest BCUT2D eigenvalue weighted by Gasteiger charge is 2.28. The Bertz CT molecular complexity index is 467. The molecule has 1 heterocycles. The van der Waals surface area contributed by atoms with Crippen molar-refractivity contribution in [1.29, 1.82) is 0 Å². The number of benzene rings is 1. The Labute approximate surface area is 125 Å². The summed E-state index contributed by atoms with van der Waals surface area (Å²) in [6.45, 7) is 4.84. The first-order valence-corrected chi connectivity index (χ1v) is 7.32. The standard InChI is InChI=1S/C15H23ClN2O2/c1-10-6-11(7-17)8-18(10)9-12-4-5-13(19-2)15(20-3)14(12)16/h4-5,10-11H,6-9,17H2,1-3H3. The first-order chi connectivity index (χ1) is 9.60. The maximum atomic E-state index is 6.43. The summed E-state index contributed by atoms with van der Waals surface area (Å²) >= 11 is 6.43. The fourth-order valence-corrected chi connectivity index (χ4v) is 3.17.